The molecule has 0 spiro atoms. The Morgan fingerprint density at radius 2 is 1.75 bits per heavy atom. The maximum absolute atomic E-state index is 5.30. The second-order valence-electron chi connectivity index (χ2n) is 7.38. The van der Waals surface area contributed by atoms with Gasteiger partial charge in [0.15, 0.2) is 16.8 Å². The van der Waals surface area contributed by atoms with Crippen molar-refractivity contribution in [1.82, 2.24) is 35.0 Å². The van der Waals surface area contributed by atoms with Crippen LogP contribution in [-0.4, -0.2) is 42.1 Å². The van der Waals surface area contributed by atoms with Crippen LogP contribution in [-0.2, 0) is 25.3 Å². The first kappa shape index (κ1) is 22.0. The number of hydrogen-bond acceptors (Lipinski definition) is 7. The fourth-order valence-electron chi connectivity index (χ4n) is 3.37. The molecule has 0 bridgehead atoms. The van der Waals surface area contributed by atoms with Crippen molar-refractivity contribution in [3.8, 4) is 17.1 Å². The topological polar surface area (TPSA) is 83.5 Å². The molecule has 32 heavy (non-hydrogen) atoms. The van der Waals surface area contributed by atoms with E-state index in [1.54, 1.807) is 18.9 Å². The van der Waals surface area contributed by atoms with Gasteiger partial charge in [-0.1, -0.05) is 55.4 Å². The van der Waals surface area contributed by atoms with Crippen molar-refractivity contribution >= 4 is 11.8 Å². The highest BCUT2D eigenvalue weighted by Gasteiger charge is 2.16. The molecule has 0 aliphatic carbocycles. The van der Waals surface area contributed by atoms with Gasteiger partial charge in [-0.15, -0.1) is 15.3 Å². The van der Waals surface area contributed by atoms with Crippen molar-refractivity contribution in [2.45, 2.75) is 50.2 Å². The highest BCUT2D eigenvalue weighted by molar-refractivity contribution is 7.98. The predicted octanol–water partition coefficient (Wildman–Crippen LogP) is 4.28. The minimum Gasteiger partial charge on any atom is -0.497 e. The first-order valence-electron chi connectivity index (χ1n) is 10.8. The fourth-order valence-corrected chi connectivity index (χ4v) is 4.27. The molecule has 0 saturated carbocycles. The molecule has 2 aromatic heterocycles. The fraction of sp³-hybridized carbons (Fsp3) is 0.348. The van der Waals surface area contributed by atoms with Crippen LogP contribution in [0.5, 0.6) is 5.75 Å². The number of ether oxygens (including phenoxy) is 1. The number of hydrogen-bond donors (Lipinski definition) is 0. The normalized spacial score (nSPS) is 11.1. The number of methoxy groups -OCH3 is 1. The lowest BCUT2D eigenvalue weighted by molar-refractivity contribution is 0.415. The number of aromatic nitrogens is 7. The quantitative estimate of drug-likeness (QED) is 0.316. The summed E-state index contributed by atoms with van der Waals surface area (Å²) in [6.45, 7) is 3.77. The third-order valence-corrected chi connectivity index (χ3v) is 6.15. The molecule has 0 radical (unpaired) electrons. The average molecular weight is 450 g/mol. The van der Waals surface area contributed by atoms with Crippen molar-refractivity contribution in [2.24, 2.45) is 0 Å². The zero-order valence-corrected chi connectivity index (χ0v) is 19.2. The zero-order valence-electron chi connectivity index (χ0n) is 18.4. The number of nitrogens with zero attached hydrogens (tertiary/aromatic N) is 7. The van der Waals surface area contributed by atoms with Crippen molar-refractivity contribution in [3.63, 3.8) is 0 Å². The largest absolute Gasteiger partial charge is 0.497 e. The Bertz CT molecular complexity index is 1110. The van der Waals surface area contributed by atoms with Crippen LogP contribution in [0.1, 0.15) is 31.2 Å². The van der Waals surface area contributed by atoms with E-state index >= 15 is 0 Å². The molecule has 2 heterocycles. The summed E-state index contributed by atoms with van der Waals surface area (Å²) in [5.74, 6) is 3.16. The van der Waals surface area contributed by atoms with E-state index < -0.39 is 0 Å². The number of unbranched alkanes of at least 4 members (excludes halogenated alkanes) is 1. The summed E-state index contributed by atoms with van der Waals surface area (Å²) in [4.78, 5) is 0. The molecule has 8 nitrogen and oxygen atoms in total. The predicted molar refractivity (Wildman–Crippen MR) is 124 cm³/mol. The van der Waals surface area contributed by atoms with Gasteiger partial charge in [-0.2, -0.15) is 0 Å². The molecule has 2 aromatic carbocycles. The molecular formula is C23H27N7OS. The maximum Gasteiger partial charge on any atom is 0.191 e. The third kappa shape index (κ3) is 5.34. The van der Waals surface area contributed by atoms with Crippen LogP contribution in [0.25, 0.3) is 11.4 Å². The first-order valence-corrected chi connectivity index (χ1v) is 11.8. The Hall–Kier alpha value is -3.20. The lowest BCUT2D eigenvalue weighted by Crippen LogP contribution is -2.07. The van der Waals surface area contributed by atoms with E-state index in [2.05, 4.69) is 61.5 Å². The van der Waals surface area contributed by atoms with Crippen LogP contribution in [0.4, 0.5) is 0 Å². The Kier molecular flexibility index (Phi) is 7.50. The first-order chi connectivity index (χ1) is 15.8. The Morgan fingerprint density at radius 3 is 2.50 bits per heavy atom. The second-order valence-corrected chi connectivity index (χ2v) is 8.32. The molecular weight excluding hydrogens is 422 g/mol. The number of aryl methyl sites for hydroxylation is 2. The van der Waals surface area contributed by atoms with Crippen LogP contribution >= 0.6 is 11.8 Å². The van der Waals surface area contributed by atoms with Gasteiger partial charge in [-0.3, -0.25) is 0 Å². The van der Waals surface area contributed by atoms with Gasteiger partial charge < -0.3 is 9.30 Å². The highest BCUT2D eigenvalue weighted by Crippen LogP contribution is 2.27. The number of tetrazole rings is 1. The van der Waals surface area contributed by atoms with Crippen molar-refractivity contribution < 1.29 is 4.74 Å². The average Bonchev–Trinajstić information content (AvgIpc) is 3.47. The summed E-state index contributed by atoms with van der Waals surface area (Å²) in [7, 11) is 1.67. The molecule has 0 fully saturated rings. The van der Waals surface area contributed by atoms with Crippen molar-refractivity contribution in [1.29, 1.82) is 0 Å². The third-order valence-electron chi connectivity index (χ3n) is 5.19. The monoisotopic (exact) mass is 449 g/mol. The van der Waals surface area contributed by atoms with Gasteiger partial charge in [0, 0.05) is 18.7 Å². The molecule has 0 aliphatic rings. The van der Waals surface area contributed by atoms with Crippen LogP contribution in [0, 0.1) is 0 Å². The maximum atomic E-state index is 5.30. The molecule has 166 valence electrons. The Balaban J connectivity index is 1.56. The van der Waals surface area contributed by atoms with Crippen LogP contribution in [0.3, 0.4) is 0 Å². The lowest BCUT2D eigenvalue weighted by Gasteiger charge is -2.11. The van der Waals surface area contributed by atoms with Crippen LogP contribution < -0.4 is 4.74 Å². The van der Waals surface area contributed by atoms with Crippen LogP contribution in [0.15, 0.2) is 59.8 Å². The molecule has 0 aliphatic heterocycles. The van der Waals surface area contributed by atoms with E-state index in [0.717, 1.165) is 60.5 Å². The van der Waals surface area contributed by atoms with Gasteiger partial charge in [0.1, 0.15) is 5.75 Å². The van der Waals surface area contributed by atoms with Gasteiger partial charge in [0.2, 0.25) is 0 Å². The van der Waals surface area contributed by atoms with E-state index in [1.807, 2.05) is 35.0 Å². The van der Waals surface area contributed by atoms with Gasteiger partial charge >= 0.3 is 0 Å². The molecule has 0 unspecified atom stereocenters. The van der Waals surface area contributed by atoms with Gasteiger partial charge in [0.25, 0.3) is 0 Å². The molecule has 0 saturated heterocycles. The van der Waals surface area contributed by atoms with E-state index in [9.17, 15) is 0 Å². The highest BCUT2D eigenvalue weighted by atomic mass is 32.2. The minimum atomic E-state index is 0.642. The minimum absolute atomic E-state index is 0.642. The summed E-state index contributed by atoms with van der Waals surface area (Å²) >= 11 is 1.61. The number of thioether (sulfide) groups is 1. The van der Waals surface area contributed by atoms with Crippen molar-refractivity contribution in [2.75, 3.05) is 7.11 Å². The van der Waals surface area contributed by atoms with Gasteiger partial charge in [0.05, 0.1) is 12.9 Å². The van der Waals surface area contributed by atoms with Gasteiger partial charge in [-0.05, 0) is 53.1 Å². The zero-order chi connectivity index (χ0) is 22.2. The summed E-state index contributed by atoms with van der Waals surface area (Å²) in [5.41, 5.74) is 2.28. The SMILES string of the molecule is CCCCn1nnnc1CSc1nnc(-c2ccc(OC)cc2)n1CCc1ccccc1. The molecule has 0 atom stereocenters. The van der Waals surface area contributed by atoms with Crippen molar-refractivity contribution in [3.05, 3.63) is 66.0 Å². The van der Waals surface area contributed by atoms with E-state index in [1.165, 1.54) is 5.56 Å². The second kappa shape index (κ2) is 10.9. The smallest absolute Gasteiger partial charge is 0.191 e. The number of rotatable bonds is 11. The molecule has 0 N–H and O–H groups in total. The van der Waals surface area contributed by atoms with E-state index in [4.69, 9.17) is 4.74 Å². The summed E-state index contributed by atoms with van der Waals surface area (Å²) in [6.07, 6.45) is 3.05. The van der Waals surface area contributed by atoms with E-state index in [0.29, 0.717) is 5.75 Å². The Morgan fingerprint density at radius 1 is 0.938 bits per heavy atom. The summed E-state index contributed by atoms with van der Waals surface area (Å²) in [5, 5.41) is 22.1. The Labute approximate surface area is 192 Å². The van der Waals surface area contributed by atoms with Crippen LogP contribution in [0.2, 0.25) is 0 Å². The summed E-state index contributed by atoms with van der Waals surface area (Å²) < 4.78 is 9.36. The standard InChI is InChI=1S/C23H27N7OS/c1-3-4-15-30-21(24-27-28-30)17-32-23-26-25-22(19-10-12-20(31-2)13-11-19)29(23)16-14-18-8-6-5-7-9-18/h5-13H,3-4,14-17H2,1-2H3. The lowest BCUT2D eigenvalue weighted by atomic mass is 10.1. The molecule has 4 aromatic rings. The number of benzene rings is 2. The molecule has 4 rings (SSSR count). The van der Waals surface area contributed by atoms with E-state index in [-0.39, 0.29) is 0 Å². The van der Waals surface area contributed by atoms with Gasteiger partial charge in [-0.25, -0.2) is 4.68 Å². The molecule has 0 amide bonds. The summed E-state index contributed by atoms with van der Waals surface area (Å²) in [6, 6.07) is 18.4. The molecule has 9 heteroatoms.